The van der Waals surface area contributed by atoms with Crippen molar-refractivity contribution >= 4 is 17.5 Å². The zero-order valence-electron chi connectivity index (χ0n) is 14.9. The van der Waals surface area contributed by atoms with Crippen molar-refractivity contribution in [3.8, 4) is 0 Å². The largest absolute Gasteiger partial charge is 0.378 e. The summed E-state index contributed by atoms with van der Waals surface area (Å²) in [6.45, 7) is 5.62. The quantitative estimate of drug-likeness (QED) is 0.810. The molecule has 0 aliphatic carbocycles. The van der Waals surface area contributed by atoms with Crippen LogP contribution in [0, 0.1) is 6.92 Å². The van der Waals surface area contributed by atoms with Crippen LogP contribution < -0.4 is 0 Å². The summed E-state index contributed by atoms with van der Waals surface area (Å²) >= 11 is 6.02. The molecule has 2 heterocycles. The van der Waals surface area contributed by atoms with Gasteiger partial charge >= 0.3 is 0 Å². The van der Waals surface area contributed by atoms with Crippen LogP contribution in [0.2, 0.25) is 5.02 Å². The number of hydrogen-bond acceptors (Lipinski definition) is 3. The lowest BCUT2D eigenvalue weighted by Crippen LogP contribution is -2.60. The minimum atomic E-state index is 0.0839. The molecule has 0 bridgehead atoms. The van der Waals surface area contributed by atoms with Crippen LogP contribution in [0.5, 0.6) is 0 Å². The number of carbonyl (C=O) groups excluding carboxylic acids is 1. The second-order valence-electron chi connectivity index (χ2n) is 7.07. The predicted octanol–water partition coefficient (Wildman–Crippen LogP) is 3.55. The van der Waals surface area contributed by atoms with Crippen molar-refractivity contribution in [2.75, 3.05) is 32.8 Å². The van der Waals surface area contributed by atoms with Crippen molar-refractivity contribution in [1.29, 1.82) is 0 Å². The van der Waals surface area contributed by atoms with Crippen LogP contribution in [0.4, 0.5) is 0 Å². The van der Waals surface area contributed by atoms with Crippen LogP contribution in [0.3, 0.4) is 0 Å². The molecule has 0 aromatic heterocycles. The summed E-state index contributed by atoms with van der Waals surface area (Å²) in [4.78, 5) is 17.4. The molecular weight excluding hydrogens is 348 g/mol. The van der Waals surface area contributed by atoms with Crippen LogP contribution >= 0.6 is 11.6 Å². The monoisotopic (exact) mass is 370 g/mol. The molecule has 1 amide bonds. The highest BCUT2D eigenvalue weighted by atomic mass is 35.5. The highest BCUT2D eigenvalue weighted by Gasteiger charge is 2.37. The molecule has 0 saturated carbocycles. The van der Waals surface area contributed by atoms with E-state index in [1.165, 1.54) is 5.56 Å². The zero-order valence-corrected chi connectivity index (χ0v) is 15.7. The molecule has 2 aliphatic heterocycles. The summed E-state index contributed by atoms with van der Waals surface area (Å²) in [7, 11) is 0. The van der Waals surface area contributed by atoms with Gasteiger partial charge in [-0.3, -0.25) is 9.69 Å². The van der Waals surface area contributed by atoms with Crippen LogP contribution in [0.1, 0.15) is 27.5 Å². The fraction of sp³-hybridized carbons (Fsp3) is 0.381. The molecule has 4 nitrogen and oxygen atoms in total. The van der Waals surface area contributed by atoms with Crippen LogP contribution in [-0.4, -0.2) is 54.6 Å². The van der Waals surface area contributed by atoms with Gasteiger partial charge in [0.05, 0.1) is 25.3 Å². The van der Waals surface area contributed by atoms with E-state index in [0.29, 0.717) is 24.8 Å². The average Bonchev–Trinajstić information content (AvgIpc) is 2.67. The lowest BCUT2D eigenvalue weighted by Gasteiger charge is -2.48. The Bertz CT molecular complexity index is 796. The van der Waals surface area contributed by atoms with Gasteiger partial charge in [0, 0.05) is 30.2 Å². The molecule has 2 saturated heterocycles. The molecule has 136 valence electrons. The third kappa shape index (κ3) is 3.37. The summed E-state index contributed by atoms with van der Waals surface area (Å²) in [6.07, 6.45) is 0. The van der Waals surface area contributed by atoms with E-state index < -0.39 is 0 Å². The fourth-order valence-corrected chi connectivity index (χ4v) is 4.25. The minimum Gasteiger partial charge on any atom is -0.378 e. The van der Waals surface area contributed by atoms with Gasteiger partial charge in [0.25, 0.3) is 5.91 Å². The number of fused-ring (bicyclic) bond motifs is 1. The maximum Gasteiger partial charge on any atom is 0.254 e. The number of morpholine rings is 1. The van der Waals surface area contributed by atoms with Crippen molar-refractivity contribution in [2.45, 2.75) is 19.0 Å². The Balaban J connectivity index is 1.50. The first kappa shape index (κ1) is 17.5. The molecule has 4 rings (SSSR count). The first-order valence-electron chi connectivity index (χ1n) is 9.07. The Morgan fingerprint density at radius 3 is 2.69 bits per heavy atom. The number of nitrogens with zero attached hydrogens (tertiary/aromatic N) is 2. The first-order valence-corrected chi connectivity index (χ1v) is 9.45. The van der Waals surface area contributed by atoms with Gasteiger partial charge in [-0.25, -0.2) is 0 Å². The molecule has 2 fully saturated rings. The van der Waals surface area contributed by atoms with Crippen LogP contribution in [0.25, 0.3) is 0 Å². The van der Waals surface area contributed by atoms with Crippen molar-refractivity contribution in [3.63, 3.8) is 0 Å². The summed E-state index contributed by atoms with van der Waals surface area (Å²) < 4.78 is 5.88. The number of aryl methyl sites for hydroxylation is 1. The Labute approximate surface area is 159 Å². The number of halogens is 1. The number of hydrogen-bond donors (Lipinski definition) is 0. The minimum absolute atomic E-state index is 0.0839. The smallest absolute Gasteiger partial charge is 0.254 e. The Kier molecular flexibility index (Phi) is 4.98. The van der Waals surface area contributed by atoms with Crippen molar-refractivity contribution in [1.82, 2.24) is 9.80 Å². The molecule has 2 aromatic carbocycles. The molecule has 2 aromatic rings. The number of piperazine rings is 1. The van der Waals surface area contributed by atoms with Crippen molar-refractivity contribution in [3.05, 3.63) is 70.2 Å². The molecular formula is C21H23ClN2O2. The first-order chi connectivity index (χ1) is 12.6. The second-order valence-corrected chi connectivity index (χ2v) is 7.50. The topological polar surface area (TPSA) is 32.8 Å². The highest BCUT2D eigenvalue weighted by Crippen LogP contribution is 2.30. The van der Waals surface area contributed by atoms with E-state index >= 15 is 0 Å². The number of rotatable bonds is 2. The maximum atomic E-state index is 13.0. The van der Waals surface area contributed by atoms with Gasteiger partial charge in [0.1, 0.15) is 0 Å². The van der Waals surface area contributed by atoms with Crippen LogP contribution in [0.15, 0.2) is 48.5 Å². The number of ether oxygens (including phenoxy) is 1. The van der Waals surface area contributed by atoms with Gasteiger partial charge in [-0.2, -0.15) is 0 Å². The van der Waals surface area contributed by atoms with Gasteiger partial charge in [-0.05, 0) is 36.2 Å². The van der Waals surface area contributed by atoms with E-state index in [2.05, 4.69) is 29.2 Å². The number of amides is 1. The third-order valence-corrected chi connectivity index (χ3v) is 5.64. The van der Waals surface area contributed by atoms with Gasteiger partial charge in [-0.1, -0.05) is 41.9 Å². The molecule has 2 aliphatic rings. The molecule has 0 unspecified atom stereocenters. The van der Waals surface area contributed by atoms with E-state index in [4.69, 9.17) is 16.3 Å². The molecule has 0 radical (unpaired) electrons. The number of carbonyl (C=O) groups is 1. The van der Waals surface area contributed by atoms with E-state index in [0.717, 1.165) is 24.2 Å². The summed E-state index contributed by atoms with van der Waals surface area (Å²) in [6, 6.07) is 16.5. The maximum absolute atomic E-state index is 13.0. The van der Waals surface area contributed by atoms with Gasteiger partial charge in [0.2, 0.25) is 0 Å². The van der Waals surface area contributed by atoms with Gasteiger partial charge < -0.3 is 9.64 Å². The normalized spacial score (nSPS) is 23.5. The zero-order chi connectivity index (χ0) is 18.1. The lowest BCUT2D eigenvalue weighted by atomic mass is 9.99. The molecule has 0 spiro atoms. The fourth-order valence-electron chi connectivity index (χ4n) is 4.02. The summed E-state index contributed by atoms with van der Waals surface area (Å²) in [5.41, 5.74) is 2.94. The SMILES string of the molecule is Cc1cc(Cl)ccc1C(=O)N1CCN2[C@@H](COC[C@@H]2c2ccccc2)C1. The predicted molar refractivity (Wildman–Crippen MR) is 103 cm³/mol. The average molecular weight is 371 g/mol. The van der Waals surface area contributed by atoms with Gasteiger partial charge in [-0.15, -0.1) is 0 Å². The second kappa shape index (κ2) is 7.39. The van der Waals surface area contributed by atoms with Crippen molar-refractivity contribution in [2.24, 2.45) is 0 Å². The van der Waals surface area contributed by atoms with E-state index in [1.807, 2.05) is 30.0 Å². The molecule has 5 heteroatoms. The highest BCUT2D eigenvalue weighted by molar-refractivity contribution is 6.30. The molecule has 2 atom stereocenters. The molecule has 0 N–H and O–H groups in total. The third-order valence-electron chi connectivity index (χ3n) is 5.40. The Hall–Kier alpha value is -1.88. The van der Waals surface area contributed by atoms with Gasteiger partial charge in [0.15, 0.2) is 0 Å². The molecule has 26 heavy (non-hydrogen) atoms. The standard InChI is InChI=1S/C21H23ClN2O2/c1-15-11-17(22)7-8-19(15)21(25)23-9-10-24-18(12-23)13-26-14-20(24)16-5-3-2-4-6-16/h2-8,11,18,20H,9-10,12-14H2,1H3/t18-,20-/m1/s1. The summed E-state index contributed by atoms with van der Waals surface area (Å²) in [5, 5.41) is 0.662. The number of benzene rings is 2. The van der Waals surface area contributed by atoms with Crippen LogP contribution in [-0.2, 0) is 4.74 Å². The van der Waals surface area contributed by atoms with E-state index in [-0.39, 0.29) is 18.0 Å². The lowest BCUT2D eigenvalue weighted by molar-refractivity contribution is -0.0770. The Morgan fingerprint density at radius 1 is 1.12 bits per heavy atom. The van der Waals surface area contributed by atoms with E-state index in [1.54, 1.807) is 6.07 Å². The summed E-state index contributed by atoms with van der Waals surface area (Å²) in [5.74, 6) is 0.0839. The van der Waals surface area contributed by atoms with E-state index in [9.17, 15) is 4.79 Å². The Morgan fingerprint density at radius 2 is 1.92 bits per heavy atom. The van der Waals surface area contributed by atoms with Crippen molar-refractivity contribution < 1.29 is 9.53 Å².